The molecule has 150 valence electrons. The van der Waals surface area contributed by atoms with Crippen LogP contribution in [0.2, 0.25) is 0 Å². The number of aryl methyl sites for hydroxylation is 2. The van der Waals surface area contributed by atoms with E-state index >= 15 is 0 Å². The maximum absolute atomic E-state index is 13.3. The Kier molecular flexibility index (Phi) is 6.78. The lowest BCUT2D eigenvalue weighted by Gasteiger charge is -2.32. The first-order valence-electron chi connectivity index (χ1n) is 9.65. The van der Waals surface area contributed by atoms with Gasteiger partial charge >= 0.3 is 0 Å². The summed E-state index contributed by atoms with van der Waals surface area (Å²) in [5, 5.41) is 4.02. The molecule has 0 radical (unpaired) electrons. The average Bonchev–Trinajstić information content (AvgIpc) is 2.98. The first-order chi connectivity index (χ1) is 13.4. The number of aromatic nitrogens is 1. The van der Waals surface area contributed by atoms with E-state index in [4.69, 9.17) is 0 Å². The number of halogens is 1. The zero-order valence-corrected chi connectivity index (χ0v) is 17.2. The van der Waals surface area contributed by atoms with Gasteiger partial charge in [0.25, 0.3) is 0 Å². The topological polar surface area (TPSA) is 62.3 Å². The molecule has 1 aromatic carbocycles. The maximum atomic E-state index is 13.3. The quantitative estimate of drug-likeness (QED) is 0.773. The number of piperidine rings is 1. The molecule has 1 aromatic heterocycles. The number of benzene rings is 1. The molecule has 1 unspecified atom stereocenters. The lowest BCUT2D eigenvalue weighted by Crippen LogP contribution is -2.46. The molecular formula is C21H26FN3O2S. The standard InChI is InChI=1S/C21H26FN3O2S/c1-14-15(2)28-19(24-14)8-10-23-21(27)17-6-7-20(26)25(13-17)11-9-16-4-3-5-18(22)12-16/h3-5,12,17H,6-11,13H2,1-2H3,(H,23,27). The summed E-state index contributed by atoms with van der Waals surface area (Å²) in [6.45, 7) is 5.52. The molecule has 1 aliphatic heterocycles. The van der Waals surface area contributed by atoms with E-state index in [1.54, 1.807) is 22.3 Å². The third-order valence-corrected chi connectivity index (χ3v) is 6.27. The van der Waals surface area contributed by atoms with Crippen LogP contribution in [0, 0.1) is 25.6 Å². The van der Waals surface area contributed by atoms with E-state index in [1.807, 2.05) is 19.9 Å². The van der Waals surface area contributed by atoms with Crippen molar-refractivity contribution in [2.24, 2.45) is 5.92 Å². The Morgan fingerprint density at radius 1 is 1.36 bits per heavy atom. The van der Waals surface area contributed by atoms with Crippen LogP contribution >= 0.6 is 11.3 Å². The van der Waals surface area contributed by atoms with Crippen LogP contribution in [-0.2, 0) is 22.4 Å². The molecule has 1 aliphatic rings. The number of amides is 2. The van der Waals surface area contributed by atoms with E-state index in [0.29, 0.717) is 38.9 Å². The van der Waals surface area contributed by atoms with E-state index in [2.05, 4.69) is 10.3 Å². The van der Waals surface area contributed by atoms with Gasteiger partial charge in [-0.3, -0.25) is 9.59 Å². The fourth-order valence-electron chi connectivity index (χ4n) is 3.38. The van der Waals surface area contributed by atoms with Crippen LogP contribution < -0.4 is 5.32 Å². The SMILES string of the molecule is Cc1nc(CCNC(=O)C2CCC(=O)N(CCc3cccc(F)c3)C2)sc1C. The predicted octanol–water partition coefficient (Wildman–Crippen LogP) is 3.04. The van der Waals surface area contributed by atoms with Crippen LogP contribution in [0.1, 0.15) is 34.0 Å². The highest BCUT2D eigenvalue weighted by Crippen LogP contribution is 2.19. The number of likely N-dealkylation sites (tertiary alicyclic amines) is 1. The van der Waals surface area contributed by atoms with Gasteiger partial charge in [-0.05, 0) is 44.4 Å². The zero-order chi connectivity index (χ0) is 20.1. The van der Waals surface area contributed by atoms with Crippen LogP contribution in [0.4, 0.5) is 4.39 Å². The van der Waals surface area contributed by atoms with Crippen LogP contribution in [0.15, 0.2) is 24.3 Å². The van der Waals surface area contributed by atoms with Crippen molar-refractivity contribution >= 4 is 23.2 Å². The van der Waals surface area contributed by atoms with Gasteiger partial charge in [0.15, 0.2) is 0 Å². The highest BCUT2D eigenvalue weighted by atomic mass is 32.1. The summed E-state index contributed by atoms with van der Waals surface area (Å²) in [6, 6.07) is 6.42. The molecule has 28 heavy (non-hydrogen) atoms. The van der Waals surface area contributed by atoms with Crippen molar-refractivity contribution in [1.82, 2.24) is 15.2 Å². The van der Waals surface area contributed by atoms with Gasteiger partial charge in [-0.15, -0.1) is 11.3 Å². The summed E-state index contributed by atoms with van der Waals surface area (Å²) in [7, 11) is 0. The lowest BCUT2D eigenvalue weighted by molar-refractivity contribution is -0.138. The molecule has 1 N–H and O–H groups in total. The largest absolute Gasteiger partial charge is 0.355 e. The molecule has 7 heteroatoms. The Labute approximate surface area is 169 Å². The maximum Gasteiger partial charge on any atom is 0.224 e. The van der Waals surface area contributed by atoms with Gasteiger partial charge in [0.1, 0.15) is 5.82 Å². The van der Waals surface area contributed by atoms with E-state index in [0.717, 1.165) is 22.7 Å². The van der Waals surface area contributed by atoms with Crippen molar-refractivity contribution in [1.29, 1.82) is 0 Å². The van der Waals surface area contributed by atoms with E-state index in [1.165, 1.54) is 17.0 Å². The summed E-state index contributed by atoms with van der Waals surface area (Å²) in [5.41, 5.74) is 1.90. The molecular weight excluding hydrogens is 377 g/mol. The predicted molar refractivity (Wildman–Crippen MR) is 108 cm³/mol. The number of hydrogen-bond donors (Lipinski definition) is 1. The van der Waals surface area contributed by atoms with Crippen LogP contribution in [0.5, 0.6) is 0 Å². The van der Waals surface area contributed by atoms with Gasteiger partial charge in [-0.2, -0.15) is 0 Å². The smallest absolute Gasteiger partial charge is 0.224 e. The molecule has 0 aliphatic carbocycles. The monoisotopic (exact) mass is 403 g/mol. The number of thiazole rings is 1. The minimum atomic E-state index is -0.273. The molecule has 1 fully saturated rings. The molecule has 2 amide bonds. The number of carbonyl (C=O) groups excluding carboxylic acids is 2. The van der Waals surface area contributed by atoms with Crippen molar-refractivity contribution in [2.45, 2.75) is 39.5 Å². The molecule has 1 saturated heterocycles. The van der Waals surface area contributed by atoms with Crippen LogP contribution in [0.25, 0.3) is 0 Å². The molecule has 1 atom stereocenters. The number of carbonyl (C=O) groups is 2. The van der Waals surface area contributed by atoms with Gasteiger partial charge in [-0.1, -0.05) is 12.1 Å². The average molecular weight is 404 g/mol. The molecule has 3 rings (SSSR count). The number of nitrogens with one attached hydrogen (secondary N) is 1. The second-order valence-corrected chi connectivity index (χ2v) is 8.53. The Balaban J connectivity index is 1.47. The van der Waals surface area contributed by atoms with Crippen molar-refractivity contribution in [3.8, 4) is 0 Å². The van der Waals surface area contributed by atoms with Gasteiger partial charge in [0.2, 0.25) is 11.8 Å². The highest BCUT2D eigenvalue weighted by Gasteiger charge is 2.29. The molecule has 2 heterocycles. The highest BCUT2D eigenvalue weighted by molar-refractivity contribution is 7.11. The third kappa shape index (κ3) is 5.38. The second kappa shape index (κ2) is 9.28. The van der Waals surface area contributed by atoms with Gasteiger partial charge in [0, 0.05) is 37.4 Å². The number of hydrogen-bond acceptors (Lipinski definition) is 4. The minimum absolute atomic E-state index is 0.00624. The normalized spacial score (nSPS) is 17.0. The van der Waals surface area contributed by atoms with Gasteiger partial charge in [-0.25, -0.2) is 9.37 Å². The molecule has 0 saturated carbocycles. The third-order valence-electron chi connectivity index (χ3n) is 5.14. The summed E-state index contributed by atoms with van der Waals surface area (Å²) in [5.74, 6) is -0.405. The molecule has 2 aromatic rings. The fourth-order valence-corrected chi connectivity index (χ4v) is 4.32. The Hall–Kier alpha value is -2.28. The summed E-state index contributed by atoms with van der Waals surface area (Å²) in [6.07, 6.45) is 2.27. The summed E-state index contributed by atoms with van der Waals surface area (Å²) < 4.78 is 13.3. The van der Waals surface area contributed by atoms with E-state index in [9.17, 15) is 14.0 Å². The molecule has 0 spiro atoms. The Morgan fingerprint density at radius 3 is 2.89 bits per heavy atom. The number of rotatable bonds is 7. The number of nitrogens with zero attached hydrogens (tertiary/aromatic N) is 2. The van der Waals surface area contributed by atoms with Crippen molar-refractivity contribution in [3.63, 3.8) is 0 Å². The van der Waals surface area contributed by atoms with Crippen LogP contribution in [-0.4, -0.2) is 41.3 Å². The van der Waals surface area contributed by atoms with Gasteiger partial charge in [0.05, 0.1) is 16.6 Å². The van der Waals surface area contributed by atoms with Crippen molar-refractivity contribution in [2.75, 3.05) is 19.6 Å². The summed E-state index contributed by atoms with van der Waals surface area (Å²) in [4.78, 5) is 32.1. The Morgan fingerprint density at radius 2 is 2.18 bits per heavy atom. The first kappa shape index (κ1) is 20.5. The lowest BCUT2D eigenvalue weighted by atomic mass is 9.96. The Bertz CT molecular complexity index is 832. The zero-order valence-electron chi connectivity index (χ0n) is 16.3. The molecule has 0 bridgehead atoms. The van der Waals surface area contributed by atoms with Gasteiger partial charge < -0.3 is 10.2 Å². The minimum Gasteiger partial charge on any atom is -0.355 e. The van der Waals surface area contributed by atoms with E-state index in [-0.39, 0.29) is 23.5 Å². The molecule has 5 nitrogen and oxygen atoms in total. The van der Waals surface area contributed by atoms with Crippen molar-refractivity contribution in [3.05, 3.63) is 51.2 Å². The van der Waals surface area contributed by atoms with Crippen molar-refractivity contribution < 1.29 is 14.0 Å². The fraction of sp³-hybridized carbons (Fsp3) is 0.476. The second-order valence-electron chi connectivity index (χ2n) is 7.25. The van der Waals surface area contributed by atoms with E-state index < -0.39 is 0 Å². The first-order valence-corrected chi connectivity index (χ1v) is 10.5. The summed E-state index contributed by atoms with van der Waals surface area (Å²) >= 11 is 1.67. The van der Waals surface area contributed by atoms with Crippen LogP contribution in [0.3, 0.4) is 0 Å².